The molecule has 2 spiro atoms. The minimum atomic E-state index is -1.80. The summed E-state index contributed by atoms with van der Waals surface area (Å²) in [6.07, 6.45) is -18.5. The van der Waals surface area contributed by atoms with Crippen molar-refractivity contribution in [3.8, 4) is 0 Å². The van der Waals surface area contributed by atoms with E-state index in [1.807, 2.05) is 0 Å². The summed E-state index contributed by atoms with van der Waals surface area (Å²) in [5.41, 5.74) is -3.20. The minimum Gasteiger partial charge on any atom is -0.394 e. The first-order chi connectivity index (χ1) is 30.7. The lowest BCUT2D eigenvalue weighted by Gasteiger charge is -2.65. The first-order valence-corrected chi connectivity index (χ1v) is 24.4. The quantitative estimate of drug-likeness (QED) is 0.0924. The van der Waals surface area contributed by atoms with E-state index in [1.54, 1.807) is 13.8 Å². The SMILES string of the molecule is C[C@H](CC[C@H](O)C(C)(C)O)[C@H]1[C@@H](O)C[C@@]2(C)[C@@H]3C[C@H](O[C@@H]4O[C@H](CO)[C@@H](O)[C@H](O)[C@H]4O)[C@H]4C(C)(C)[C@@H](O[C@@H]5OC[C@@H](O)[C@H](O)[C@H]5O[C@@H]5O[C@H](CO)[C@@H](O)[C@H](O)[C@H]5O)CC[C@@]45C[C@@]35CC[C@]12C. The molecule has 0 bridgehead atoms. The van der Waals surface area contributed by atoms with Crippen molar-refractivity contribution < 1.29 is 94.8 Å². The molecule has 19 heteroatoms. The van der Waals surface area contributed by atoms with Crippen LogP contribution in [0.4, 0.5) is 0 Å². The summed E-state index contributed by atoms with van der Waals surface area (Å²) >= 11 is 0. The molecule has 5 saturated carbocycles. The molecule has 0 amide bonds. The Bertz CT molecular complexity index is 1700. The third-order valence-corrected chi connectivity index (χ3v) is 19.4. The molecule has 0 unspecified atom stereocenters. The molecular formula is C47H80O19. The van der Waals surface area contributed by atoms with Crippen LogP contribution in [0, 0.1) is 50.7 Å². The largest absolute Gasteiger partial charge is 0.394 e. The Balaban J connectivity index is 1.10. The van der Waals surface area contributed by atoms with Crippen LogP contribution in [-0.2, 0) is 28.4 Å². The van der Waals surface area contributed by atoms with E-state index in [1.165, 1.54) is 0 Å². The lowest BCUT2D eigenvalue weighted by Crippen LogP contribution is -2.65. The number of rotatable bonds is 13. The van der Waals surface area contributed by atoms with E-state index in [4.69, 9.17) is 28.4 Å². The first-order valence-electron chi connectivity index (χ1n) is 24.4. The highest BCUT2D eigenvalue weighted by atomic mass is 16.8. The van der Waals surface area contributed by atoms with Gasteiger partial charge in [0.15, 0.2) is 18.9 Å². The Hall–Kier alpha value is -0.760. The van der Waals surface area contributed by atoms with E-state index >= 15 is 0 Å². The van der Waals surface area contributed by atoms with Gasteiger partial charge in [-0.3, -0.25) is 0 Å². The molecule has 13 N–H and O–H groups in total. The first kappa shape index (κ1) is 51.6. The van der Waals surface area contributed by atoms with Gasteiger partial charge in [0.2, 0.25) is 0 Å². The van der Waals surface area contributed by atoms with Crippen molar-refractivity contribution in [2.24, 2.45) is 50.7 Å². The Morgan fingerprint density at radius 2 is 1.26 bits per heavy atom. The number of aliphatic hydroxyl groups excluding tert-OH is 12. The third kappa shape index (κ3) is 7.98. The molecule has 3 aliphatic heterocycles. The van der Waals surface area contributed by atoms with Gasteiger partial charge >= 0.3 is 0 Å². The Kier molecular flexibility index (Phi) is 14.1. The molecule has 8 aliphatic rings. The standard InChI is InChI=1S/C47H80O19/c1-20(8-9-27(52)43(4,5)60)29-21(50)15-45(7)26-14-23(62-39-35(58)33(56)31(54)24(16-48)63-39)38-42(2,3)28(10-11-47(38)19-46(26,47)13-12-44(29,45)6)65-41-37(30(53)22(51)18-61-41)66-40-36(59)34(57)32(55)25(17-49)64-40/h20-41,48-60H,8-19H2,1-7H3/t20-,21+,22-,23+,24-,25-,26+,27+,28+,29+,30+,31-,32-,33+,34+,35-,36-,37-,38+,39-,40+,41+,44-,45+,46+,47-/m1/s1. The van der Waals surface area contributed by atoms with Crippen molar-refractivity contribution in [1.82, 2.24) is 0 Å². The second-order valence-electron chi connectivity index (χ2n) is 23.5. The van der Waals surface area contributed by atoms with Crippen LogP contribution in [0.25, 0.3) is 0 Å². The number of fused-ring (bicyclic) bond motifs is 2. The number of hydrogen-bond donors (Lipinski definition) is 13. The minimum absolute atomic E-state index is 0.0326. The fraction of sp³-hybridized carbons (Fsp3) is 1.00. The second kappa shape index (κ2) is 18.1. The van der Waals surface area contributed by atoms with Gasteiger partial charge in [0, 0.05) is 0 Å². The van der Waals surface area contributed by atoms with Gasteiger partial charge in [-0.05, 0) is 122 Å². The zero-order valence-electron chi connectivity index (χ0n) is 39.5. The van der Waals surface area contributed by atoms with Gasteiger partial charge in [0.05, 0.1) is 49.8 Å². The molecule has 66 heavy (non-hydrogen) atoms. The molecule has 0 aromatic heterocycles. The maximum Gasteiger partial charge on any atom is 0.187 e. The molecule has 3 saturated heterocycles. The van der Waals surface area contributed by atoms with Crippen molar-refractivity contribution in [1.29, 1.82) is 0 Å². The topological polar surface area (TPSA) is 318 Å². The molecule has 0 radical (unpaired) electrons. The van der Waals surface area contributed by atoms with Crippen molar-refractivity contribution in [2.45, 2.75) is 222 Å². The number of ether oxygens (including phenoxy) is 6. The van der Waals surface area contributed by atoms with Crippen molar-refractivity contribution in [3.05, 3.63) is 0 Å². The van der Waals surface area contributed by atoms with Crippen LogP contribution in [0.1, 0.15) is 106 Å². The van der Waals surface area contributed by atoms with E-state index in [0.29, 0.717) is 38.5 Å². The molecule has 382 valence electrons. The lowest BCUT2D eigenvalue weighted by molar-refractivity contribution is -0.369. The molecule has 26 atom stereocenters. The number of hydrogen-bond acceptors (Lipinski definition) is 19. The monoisotopic (exact) mass is 949 g/mol. The van der Waals surface area contributed by atoms with Crippen molar-refractivity contribution >= 4 is 0 Å². The molecule has 19 nitrogen and oxygen atoms in total. The van der Waals surface area contributed by atoms with E-state index < -0.39 is 135 Å². The van der Waals surface area contributed by atoms with Crippen LogP contribution < -0.4 is 0 Å². The summed E-state index contributed by atoms with van der Waals surface area (Å²) in [7, 11) is 0. The van der Waals surface area contributed by atoms with Gasteiger partial charge in [-0.1, -0.05) is 34.6 Å². The number of aliphatic hydroxyl groups is 13. The van der Waals surface area contributed by atoms with Crippen LogP contribution >= 0.6 is 0 Å². The average Bonchev–Trinajstić information content (AvgIpc) is 3.85. The summed E-state index contributed by atoms with van der Waals surface area (Å²) in [6, 6.07) is 0. The van der Waals surface area contributed by atoms with Crippen LogP contribution in [0.15, 0.2) is 0 Å². The Morgan fingerprint density at radius 1 is 0.667 bits per heavy atom. The zero-order valence-corrected chi connectivity index (χ0v) is 39.5. The Morgan fingerprint density at radius 3 is 1.83 bits per heavy atom. The van der Waals surface area contributed by atoms with Gasteiger partial charge in [0.25, 0.3) is 0 Å². The smallest absolute Gasteiger partial charge is 0.187 e. The van der Waals surface area contributed by atoms with E-state index in [9.17, 15) is 66.4 Å². The van der Waals surface area contributed by atoms with Gasteiger partial charge in [0.1, 0.15) is 67.1 Å². The van der Waals surface area contributed by atoms with Gasteiger partial charge in [-0.2, -0.15) is 0 Å². The molecule has 8 rings (SSSR count). The highest BCUT2D eigenvalue weighted by molar-refractivity contribution is 5.33. The maximum atomic E-state index is 12.1. The predicted molar refractivity (Wildman–Crippen MR) is 228 cm³/mol. The molecule has 0 aromatic rings. The fourth-order valence-corrected chi connectivity index (χ4v) is 15.7. The van der Waals surface area contributed by atoms with Gasteiger partial charge in [-0.25, -0.2) is 0 Å². The summed E-state index contributed by atoms with van der Waals surface area (Å²) in [5, 5.41) is 140. The highest BCUT2D eigenvalue weighted by Crippen LogP contribution is 2.89. The molecule has 8 fully saturated rings. The van der Waals surface area contributed by atoms with E-state index in [-0.39, 0.29) is 51.9 Å². The molecular weight excluding hydrogens is 868 g/mol. The van der Waals surface area contributed by atoms with Crippen molar-refractivity contribution in [2.75, 3.05) is 19.8 Å². The van der Waals surface area contributed by atoms with E-state index in [0.717, 1.165) is 19.3 Å². The lowest BCUT2D eigenvalue weighted by atomic mass is 9.41. The van der Waals surface area contributed by atoms with Crippen LogP contribution in [0.2, 0.25) is 0 Å². The van der Waals surface area contributed by atoms with Crippen LogP contribution in [-0.4, -0.2) is 202 Å². The predicted octanol–water partition coefficient (Wildman–Crippen LogP) is -1.61. The average molecular weight is 949 g/mol. The molecule has 0 aromatic carbocycles. The highest BCUT2D eigenvalue weighted by Gasteiger charge is 2.85. The molecule has 3 heterocycles. The second-order valence-corrected chi connectivity index (χ2v) is 23.5. The third-order valence-electron chi connectivity index (χ3n) is 19.4. The summed E-state index contributed by atoms with van der Waals surface area (Å²) in [4.78, 5) is 0. The normalized spacial score (nSPS) is 54.4. The summed E-state index contributed by atoms with van der Waals surface area (Å²) < 4.78 is 37.4. The van der Waals surface area contributed by atoms with E-state index in [2.05, 4.69) is 34.6 Å². The summed E-state index contributed by atoms with van der Waals surface area (Å²) in [5.74, 6) is -0.306. The Labute approximate surface area is 386 Å². The van der Waals surface area contributed by atoms with Gasteiger partial charge in [-0.15, -0.1) is 0 Å². The molecule has 5 aliphatic carbocycles. The van der Waals surface area contributed by atoms with Crippen LogP contribution in [0.3, 0.4) is 0 Å². The van der Waals surface area contributed by atoms with Gasteiger partial charge < -0.3 is 94.8 Å². The van der Waals surface area contributed by atoms with Crippen LogP contribution in [0.5, 0.6) is 0 Å². The fourth-order valence-electron chi connectivity index (χ4n) is 15.7. The zero-order chi connectivity index (χ0) is 48.4. The van der Waals surface area contributed by atoms with Crippen molar-refractivity contribution in [3.63, 3.8) is 0 Å². The summed E-state index contributed by atoms with van der Waals surface area (Å²) in [6.45, 7) is 12.4. The maximum absolute atomic E-state index is 12.1.